The van der Waals surface area contributed by atoms with E-state index in [1.165, 1.54) is 0 Å². The van der Waals surface area contributed by atoms with Crippen molar-refractivity contribution in [2.75, 3.05) is 70.5 Å². The second-order valence-electron chi connectivity index (χ2n) is 13.0. The van der Waals surface area contributed by atoms with E-state index in [1.807, 2.05) is 28.2 Å². The molecule has 4 aliphatic heterocycles. The summed E-state index contributed by atoms with van der Waals surface area (Å²) in [7, 11) is 2.16. The number of piperazine rings is 1. The van der Waals surface area contributed by atoms with Crippen molar-refractivity contribution in [2.24, 2.45) is 0 Å². The van der Waals surface area contributed by atoms with Gasteiger partial charge >= 0.3 is 12.1 Å². The first-order valence-corrected chi connectivity index (χ1v) is 17.4. The second kappa shape index (κ2) is 13.7. The number of aryl methyl sites for hydroxylation is 1. The summed E-state index contributed by atoms with van der Waals surface area (Å²) in [6, 6.07) is 5.29. The Morgan fingerprint density at radius 3 is 2.38 bits per heavy atom. The molecule has 11 nitrogen and oxygen atoms in total. The Labute approximate surface area is 274 Å². The first-order chi connectivity index (χ1) is 21.7. The van der Waals surface area contributed by atoms with Crippen LogP contribution in [0.1, 0.15) is 42.4 Å². The van der Waals surface area contributed by atoms with Crippen molar-refractivity contribution in [3.05, 3.63) is 45.3 Å². The molecule has 5 amide bonds. The first-order valence-electron chi connectivity index (χ1n) is 16.1. The fourth-order valence-corrected chi connectivity index (χ4v) is 8.24. The summed E-state index contributed by atoms with van der Waals surface area (Å²) in [5.41, 5.74) is 9.46. The molecule has 4 N–H and O–H groups in total. The number of nitrogens with one attached hydrogen (secondary N) is 2. The molecule has 0 radical (unpaired) electrons. The minimum atomic E-state index is -0.723. The third-order valence-electron chi connectivity index (χ3n) is 10.0. The smallest absolute Gasteiger partial charge is 0.323 e. The van der Waals surface area contributed by atoms with E-state index >= 15 is 0 Å². The lowest BCUT2D eigenvalue weighted by Gasteiger charge is -2.43. The number of urea groups is 2. The van der Waals surface area contributed by atoms with Crippen LogP contribution in [0, 0.1) is 6.92 Å². The van der Waals surface area contributed by atoms with Crippen LogP contribution < -0.4 is 16.4 Å². The van der Waals surface area contributed by atoms with Gasteiger partial charge < -0.3 is 30.7 Å². The predicted molar refractivity (Wildman–Crippen MR) is 179 cm³/mol. The Morgan fingerprint density at radius 2 is 1.69 bits per heavy atom. The Morgan fingerprint density at radius 1 is 1.02 bits per heavy atom. The molecule has 2 aromatic rings. The van der Waals surface area contributed by atoms with E-state index < -0.39 is 6.04 Å². The fourth-order valence-electron chi connectivity index (χ4n) is 7.15. The highest BCUT2D eigenvalue weighted by molar-refractivity contribution is 7.14. The summed E-state index contributed by atoms with van der Waals surface area (Å²) in [4.78, 5) is 50.9. The molecule has 0 aliphatic carbocycles. The first kappa shape index (κ1) is 31.9. The Balaban J connectivity index is 1.09. The molecular formula is C32H45ClN8O3S. The van der Waals surface area contributed by atoms with E-state index in [-0.39, 0.29) is 24.0 Å². The molecule has 1 atom stereocenters. The summed E-state index contributed by atoms with van der Waals surface area (Å²) >= 11 is 7.95. The molecule has 4 aliphatic rings. The molecular weight excluding hydrogens is 612 g/mol. The molecule has 0 saturated carbocycles. The lowest BCUT2D eigenvalue weighted by atomic mass is 9.98. The van der Waals surface area contributed by atoms with Crippen LogP contribution in [-0.4, -0.2) is 120 Å². The maximum Gasteiger partial charge on any atom is 0.323 e. The molecule has 0 unspecified atom stereocenters. The Bertz CT molecular complexity index is 1370. The molecule has 3 fully saturated rings. The van der Waals surface area contributed by atoms with Crippen LogP contribution in [0.2, 0.25) is 5.02 Å². The van der Waals surface area contributed by atoms with Crippen LogP contribution in [-0.2, 0) is 17.8 Å². The lowest BCUT2D eigenvalue weighted by Crippen LogP contribution is -2.58. The number of likely N-dealkylation sites (N-methyl/N-ethyl adjacent to an activating group) is 1. The van der Waals surface area contributed by atoms with Crippen molar-refractivity contribution in [3.63, 3.8) is 0 Å². The number of benzene rings is 1. The summed E-state index contributed by atoms with van der Waals surface area (Å²) in [5, 5.41) is 9.46. The minimum Gasteiger partial charge on any atom is -0.397 e. The number of hydrogen-bond donors (Lipinski definition) is 3. The SMILES string of the molecule is Cc1cc(C[C@@H](NC(=O)N2CCC(N3Cc4ccsc4NC3=O)CC2)C(=O)N2CCC(N3CCN(C)CC3)CC2)cc(Cl)c1N. The Kier molecular flexibility index (Phi) is 9.74. The number of amides is 5. The second-order valence-corrected chi connectivity index (χ2v) is 14.3. The van der Waals surface area contributed by atoms with Crippen molar-refractivity contribution < 1.29 is 14.4 Å². The number of likely N-dealkylation sites (tertiary alicyclic amines) is 2. The summed E-state index contributed by atoms with van der Waals surface area (Å²) in [5.74, 6) is -0.0581. The van der Waals surface area contributed by atoms with Gasteiger partial charge in [0.05, 0.1) is 17.3 Å². The van der Waals surface area contributed by atoms with Gasteiger partial charge in [-0.1, -0.05) is 17.7 Å². The standard InChI is InChI=1S/C32H45ClN8O3S/c1-21-17-22(18-26(33)28(21)34)19-27(30(42)39-8-3-24(4-9-39)38-14-12-37(2)13-15-38)35-31(43)40-10-5-25(6-11-40)41-20-23-7-16-45-29(23)36-32(41)44/h7,16-18,24-25,27H,3-6,8-15,19-20,34H2,1-2H3,(H,35,43)(H,36,44)/t27-/m1/s1. The van der Waals surface area contributed by atoms with Gasteiger partial charge in [0, 0.05) is 76.4 Å². The number of piperidine rings is 2. The van der Waals surface area contributed by atoms with Crippen molar-refractivity contribution in [1.82, 2.24) is 29.8 Å². The van der Waals surface area contributed by atoms with E-state index in [2.05, 4.69) is 33.5 Å². The zero-order chi connectivity index (χ0) is 31.7. The molecule has 6 rings (SSSR count). The fraction of sp³-hybridized carbons (Fsp3) is 0.594. The van der Waals surface area contributed by atoms with E-state index in [0.29, 0.717) is 68.7 Å². The van der Waals surface area contributed by atoms with Gasteiger partial charge in [-0.05, 0) is 68.3 Å². The van der Waals surface area contributed by atoms with Gasteiger partial charge in [-0.15, -0.1) is 11.3 Å². The van der Waals surface area contributed by atoms with E-state index in [1.54, 1.807) is 22.3 Å². The number of fused-ring (bicyclic) bond motifs is 1. The maximum absolute atomic E-state index is 14.0. The van der Waals surface area contributed by atoms with Crippen molar-refractivity contribution >= 4 is 51.6 Å². The monoisotopic (exact) mass is 656 g/mol. The molecule has 5 heterocycles. The lowest BCUT2D eigenvalue weighted by molar-refractivity contribution is -0.135. The number of halogens is 1. The average Bonchev–Trinajstić information content (AvgIpc) is 3.50. The van der Waals surface area contributed by atoms with Crippen LogP contribution in [0.5, 0.6) is 0 Å². The predicted octanol–water partition coefficient (Wildman–Crippen LogP) is 3.66. The molecule has 1 aromatic heterocycles. The molecule has 0 bridgehead atoms. The van der Waals surface area contributed by atoms with Crippen LogP contribution in [0.25, 0.3) is 0 Å². The van der Waals surface area contributed by atoms with Gasteiger partial charge in [-0.3, -0.25) is 15.0 Å². The number of carbonyl (C=O) groups is 3. The van der Waals surface area contributed by atoms with Gasteiger partial charge in [0.25, 0.3) is 0 Å². The summed E-state index contributed by atoms with van der Waals surface area (Å²) in [6.45, 7) is 9.17. The maximum atomic E-state index is 14.0. The van der Waals surface area contributed by atoms with Crippen molar-refractivity contribution in [2.45, 2.75) is 63.7 Å². The quantitative estimate of drug-likeness (QED) is 0.409. The van der Waals surface area contributed by atoms with Gasteiger partial charge in [0.1, 0.15) is 11.0 Å². The van der Waals surface area contributed by atoms with Crippen molar-refractivity contribution in [1.29, 1.82) is 0 Å². The summed E-state index contributed by atoms with van der Waals surface area (Å²) < 4.78 is 0. The van der Waals surface area contributed by atoms with E-state index in [4.69, 9.17) is 17.3 Å². The molecule has 13 heteroatoms. The highest BCUT2D eigenvalue weighted by Crippen LogP contribution is 2.32. The highest BCUT2D eigenvalue weighted by Gasteiger charge is 2.36. The largest absolute Gasteiger partial charge is 0.397 e. The molecule has 1 aromatic carbocycles. The number of anilines is 2. The zero-order valence-electron chi connectivity index (χ0n) is 26.3. The molecule has 0 spiro atoms. The molecule has 244 valence electrons. The molecule has 3 saturated heterocycles. The number of nitrogen functional groups attached to an aromatic ring is 1. The third kappa shape index (κ3) is 7.19. The Hall–Kier alpha value is -3.06. The van der Waals surface area contributed by atoms with Gasteiger partial charge in [-0.25, -0.2) is 9.59 Å². The van der Waals surface area contributed by atoms with Crippen LogP contribution in [0.4, 0.5) is 20.3 Å². The van der Waals surface area contributed by atoms with Crippen molar-refractivity contribution in [3.8, 4) is 0 Å². The third-order valence-corrected chi connectivity index (χ3v) is 11.2. The number of hydrogen-bond acceptors (Lipinski definition) is 7. The van der Waals surface area contributed by atoms with Gasteiger partial charge in [0.15, 0.2) is 0 Å². The van der Waals surface area contributed by atoms with Gasteiger partial charge in [0.2, 0.25) is 5.91 Å². The van der Waals surface area contributed by atoms with E-state index in [9.17, 15) is 14.4 Å². The normalized spacial score (nSPS) is 21.4. The average molecular weight is 657 g/mol. The number of nitrogens with two attached hydrogens (primary N) is 1. The molecule has 45 heavy (non-hydrogen) atoms. The number of nitrogens with zero attached hydrogens (tertiary/aromatic N) is 5. The van der Waals surface area contributed by atoms with Crippen LogP contribution in [0.15, 0.2) is 23.6 Å². The van der Waals surface area contributed by atoms with Crippen LogP contribution >= 0.6 is 22.9 Å². The number of thiophene rings is 1. The summed E-state index contributed by atoms with van der Waals surface area (Å²) in [6.07, 6.45) is 3.58. The van der Waals surface area contributed by atoms with Crippen LogP contribution in [0.3, 0.4) is 0 Å². The van der Waals surface area contributed by atoms with E-state index in [0.717, 1.165) is 60.7 Å². The highest BCUT2D eigenvalue weighted by atomic mass is 35.5. The van der Waals surface area contributed by atoms with Gasteiger partial charge in [-0.2, -0.15) is 0 Å². The zero-order valence-corrected chi connectivity index (χ0v) is 27.8. The minimum absolute atomic E-state index is 0.0565. The topological polar surface area (TPSA) is 117 Å². The number of rotatable bonds is 6. The number of carbonyl (C=O) groups excluding carboxylic acids is 3.